The molecule has 0 aliphatic carbocycles. The standard InChI is InChI=1S/C23H39N5O/c1-3-24-23(25-18-20-11-14-27(15-12-20)16-17-29-2)26-21-8-7-13-28(19-21)22-9-5-4-6-10-22/h4-6,9-10,20-21H,3,7-8,11-19H2,1-2H3,(H2,24,25,26). The zero-order valence-electron chi connectivity index (χ0n) is 18.3. The number of hydrogen-bond donors (Lipinski definition) is 2. The van der Waals surface area contributed by atoms with E-state index in [0.29, 0.717) is 12.0 Å². The number of methoxy groups -OCH3 is 1. The average molecular weight is 402 g/mol. The molecule has 6 heteroatoms. The topological polar surface area (TPSA) is 52.1 Å². The lowest BCUT2D eigenvalue weighted by Crippen LogP contribution is -2.51. The minimum Gasteiger partial charge on any atom is -0.383 e. The normalized spacial score (nSPS) is 21.9. The summed E-state index contributed by atoms with van der Waals surface area (Å²) in [6.45, 7) is 10.4. The molecule has 1 atom stereocenters. The van der Waals surface area contributed by atoms with E-state index in [-0.39, 0.29) is 0 Å². The first-order valence-corrected chi connectivity index (χ1v) is 11.3. The third-order valence-corrected chi connectivity index (χ3v) is 6.05. The van der Waals surface area contributed by atoms with Gasteiger partial charge in [-0.2, -0.15) is 0 Å². The molecule has 2 saturated heterocycles. The predicted molar refractivity (Wildman–Crippen MR) is 122 cm³/mol. The largest absolute Gasteiger partial charge is 0.383 e. The third kappa shape index (κ3) is 7.19. The van der Waals surface area contributed by atoms with E-state index in [2.05, 4.69) is 57.7 Å². The van der Waals surface area contributed by atoms with E-state index in [1.807, 2.05) is 0 Å². The van der Waals surface area contributed by atoms with E-state index in [1.165, 1.54) is 44.5 Å². The van der Waals surface area contributed by atoms with Crippen molar-refractivity contribution in [3.8, 4) is 0 Å². The Hall–Kier alpha value is -1.79. The molecule has 1 unspecified atom stereocenters. The Bertz CT molecular complexity index is 601. The fraction of sp³-hybridized carbons (Fsp3) is 0.696. The molecule has 2 fully saturated rings. The smallest absolute Gasteiger partial charge is 0.191 e. The van der Waals surface area contributed by atoms with Gasteiger partial charge in [-0.1, -0.05) is 18.2 Å². The number of likely N-dealkylation sites (tertiary alicyclic amines) is 1. The van der Waals surface area contributed by atoms with Gasteiger partial charge in [-0.15, -0.1) is 0 Å². The van der Waals surface area contributed by atoms with Gasteiger partial charge in [-0.3, -0.25) is 4.99 Å². The Kier molecular flexibility index (Phi) is 9.09. The van der Waals surface area contributed by atoms with Gasteiger partial charge in [0.15, 0.2) is 5.96 Å². The van der Waals surface area contributed by atoms with Crippen molar-refractivity contribution in [2.24, 2.45) is 10.9 Å². The number of anilines is 1. The highest BCUT2D eigenvalue weighted by Crippen LogP contribution is 2.20. The maximum Gasteiger partial charge on any atom is 0.191 e. The van der Waals surface area contributed by atoms with Crippen LogP contribution in [-0.2, 0) is 4.74 Å². The van der Waals surface area contributed by atoms with E-state index in [9.17, 15) is 0 Å². The van der Waals surface area contributed by atoms with Gasteiger partial charge in [0.2, 0.25) is 0 Å². The quantitative estimate of drug-likeness (QED) is 0.518. The van der Waals surface area contributed by atoms with Crippen LogP contribution in [0.5, 0.6) is 0 Å². The summed E-state index contributed by atoms with van der Waals surface area (Å²) in [6.07, 6.45) is 4.88. The molecule has 29 heavy (non-hydrogen) atoms. The Balaban J connectivity index is 1.48. The van der Waals surface area contributed by atoms with Crippen molar-refractivity contribution < 1.29 is 4.74 Å². The molecule has 2 N–H and O–H groups in total. The van der Waals surface area contributed by atoms with Gasteiger partial charge < -0.3 is 25.2 Å². The number of benzene rings is 1. The number of nitrogens with one attached hydrogen (secondary N) is 2. The number of hydrogen-bond acceptors (Lipinski definition) is 4. The molecule has 0 amide bonds. The van der Waals surface area contributed by atoms with Crippen molar-refractivity contribution in [1.29, 1.82) is 0 Å². The molecule has 1 aromatic carbocycles. The highest BCUT2D eigenvalue weighted by Gasteiger charge is 2.22. The van der Waals surface area contributed by atoms with Crippen molar-refractivity contribution in [1.82, 2.24) is 15.5 Å². The zero-order chi connectivity index (χ0) is 20.3. The second kappa shape index (κ2) is 12.0. The zero-order valence-corrected chi connectivity index (χ0v) is 18.3. The van der Waals surface area contributed by atoms with E-state index in [1.54, 1.807) is 7.11 Å². The lowest BCUT2D eigenvalue weighted by molar-refractivity contribution is 0.121. The maximum atomic E-state index is 5.20. The fourth-order valence-corrected chi connectivity index (χ4v) is 4.32. The van der Waals surface area contributed by atoms with Crippen molar-refractivity contribution in [3.63, 3.8) is 0 Å². The summed E-state index contributed by atoms with van der Waals surface area (Å²) in [5.74, 6) is 1.67. The Morgan fingerprint density at radius 3 is 2.66 bits per heavy atom. The van der Waals surface area contributed by atoms with Crippen LogP contribution in [-0.4, -0.2) is 76.4 Å². The summed E-state index contributed by atoms with van der Waals surface area (Å²) in [5, 5.41) is 7.16. The summed E-state index contributed by atoms with van der Waals surface area (Å²) in [4.78, 5) is 9.94. The molecule has 2 aliphatic heterocycles. The van der Waals surface area contributed by atoms with Gasteiger partial charge in [-0.05, 0) is 63.7 Å². The number of ether oxygens (including phenoxy) is 1. The van der Waals surface area contributed by atoms with Gasteiger partial charge >= 0.3 is 0 Å². The molecule has 0 bridgehead atoms. The molecule has 0 spiro atoms. The lowest BCUT2D eigenvalue weighted by Gasteiger charge is -2.35. The molecule has 3 rings (SSSR count). The molecule has 162 valence electrons. The van der Waals surface area contributed by atoms with E-state index < -0.39 is 0 Å². The Labute approximate surface area is 176 Å². The lowest BCUT2D eigenvalue weighted by atomic mass is 9.97. The summed E-state index contributed by atoms with van der Waals surface area (Å²) in [6, 6.07) is 11.2. The minimum absolute atomic E-state index is 0.442. The average Bonchev–Trinajstić information content (AvgIpc) is 2.78. The van der Waals surface area contributed by atoms with Gasteiger partial charge in [0.05, 0.1) is 6.61 Å². The monoisotopic (exact) mass is 401 g/mol. The first kappa shape index (κ1) is 21.9. The van der Waals surface area contributed by atoms with Gasteiger partial charge in [-0.25, -0.2) is 0 Å². The third-order valence-electron chi connectivity index (χ3n) is 6.05. The molecule has 2 aliphatic rings. The van der Waals surface area contributed by atoms with Crippen LogP contribution < -0.4 is 15.5 Å². The first-order valence-electron chi connectivity index (χ1n) is 11.3. The summed E-state index contributed by atoms with van der Waals surface area (Å²) in [7, 11) is 1.78. The van der Waals surface area contributed by atoms with Crippen LogP contribution >= 0.6 is 0 Å². The SMILES string of the molecule is CCNC(=NCC1CCN(CCOC)CC1)NC1CCCN(c2ccccc2)C1. The Morgan fingerprint density at radius 2 is 1.93 bits per heavy atom. The van der Waals surface area contributed by atoms with E-state index in [0.717, 1.165) is 45.3 Å². The maximum absolute atomic E-state index is 5.20. The molecule has 0 aromatic heterocycles. The number of aliphatic imine (C=N–C) groups is 1. The molecule has 0 radical (unpaired) electrons. The van der Waals surface area contributed by atoms with Crippen molar-refractivity contribution >= 4 is 11.6 Å². The van der Waals surface area contributed by atoms with Crippen molar-refractivity contribution in [3.05, 3.63) is 30.3 Å². The number of rotatable bonds is 8. The van der Waals surface area contributed by atoms with E-state index >= 15 is 0 Å². The highest BCUT2D eigenvalue weighted by atomic mass is 16.5. The van der Waals surface area contributed by atoms with Crippen LogP contribution in [0, 0.1) is 5.92 Å². The van der Waals surface area contributed by atoms with Crippen LogP contribution in [0.25, 0.3) is 0 Å². The van der Waals surface area contributed by atoms with Gasteiger partial charge in [0.1, 0.15) is 0 Å². The second-order valence-corrected chi connectivity index (χ2v) is 8.26. The molecular weight excluding hydrogens is 362 g/mol. The van der Waals surface area contributed by atoms with Crippen molar-refractivity contribution in [2.45, 2.75) is 38.6 Å². The fourth-order valence-electron chi connectivity index (χ4n) is 4.32. The van der Waals surface area contributed by atoms with Crippen LogP contribution in [0.3, 0.4) is 0 Å². The van der Waals surface area contributed by atoms with Gasteiger partial charge in [0.25, 0.3) is 0 Å². The predicted octanol–water partition coefficient (Wildman–Crippen LogP) is 2.57. The molecule has 0 saturated carbocycles. The highest BCUT2D eigenvalue weighted by molar-refractivity contribution is 5.80. The van der Waals surface area contributed by atoms with Crippen LogP contribution in [0.2, 0.25) is 0 Å². The van der Waals surface area contributed by atoms with E-state index in [4.69, 9.17) is 9.73 Å². The summed E-state index contributed by atoms with van der Waals surface area (Å²) in [5.41, 5.74) is 1.32. The summed E-state index contributed by atoms with van der Waals surface area (Å²) >= 11 is 0. The molecular formula is C23H39N5O. The number of nitrogens with zero attached hydrogens (tertiary/aromatic N) is 3. The van der Waals surface area contributed by atoms with Crippen LogP contribution in [0.4, 0.5) is 5.69 Å². The molecule has 6 nitrogen and oxygen atoms in total. The second-order valence-electron chi connectivity index (χ2n) is 8.26. The van der Waals surface area contributed by atoms with Crippen LogP contribution in [0.15, 0.2) is 35.3 Å². The molecule has 2 heterocycles. The number of para-hydroxylation sites is 1. The minimum atomic E-state index is 0.442. The summed E-state index contributed by atoms with van der Waals surface area (Å²) < 4.78 is 5.20. The van der Waals surface area contributed by atoms with Crippen LogP contribution in [0.1, 0.15) is 32.6 Å². The Morgan fingerprint density at radius 1 is 1.14 bits per heavy atom. The number of piperidine rings is 2. The molecule has 1 aromatic rings. The first-order chi connectivity index (χ1) is 14.3. The number of guanidine groups is 1. The van der Waals surface area contributed by atoms with Gasteiger partial charge in [0, 0.05) is 51.6 Å². The van der Waals surface area contributed by atoms with Crippen molar-refractivity contribution in [2.75, 3.05) is 64.4 Å².